The summed E-state index contributed by atoms with van der Waals surface area (Å²) in [6.07, 6.45) is 1.21. The monoisotopic (exact) mass is 405 g/mol. The van der Waals surface area contributed by atoms with E-state index in [2.05, 4.69) is 0 Å². The van der Waals surface area contributed by atoms with E-state index in [0.717, 1.165) is 17.7 Å². The summed E-state index contributed by atoms with van der Waals surface area (Å²) >= 11 is 1.30. The van der Waals surface area contributed by atoms with Crippen molar-refractivity contribution in [1.82, 2.24) is 4.90 Å². The van der Waals surface area contributed by atoms with Gasteiger partial charge in [0.1, 0.15) is 5.82 Å². The summed E-state index contributed by atoms with van der Waals surface area (Å²) in [5, 5.41) is 10.1. The maximum absolute atomic E-state index is 14.6. The van der Waals surface area contributed by atoms with Gasteiger partial charge < -0.3 is 4.74 Å². The van der Waals surface area contributed by atoms with Gasteiger partial charge in [0.15, 0.2) is 17.1 Å². The van der Waals surface area contributed by atoms with Crippen LogP contribution in [-0.2, 0) is 20.9 Å². The van der Waals surface area contributed by atoms with Crippen molar-refractivity contribution in [1.29, 1.82) is 0 Å². The van der Waals surface area contributed by atoms with Crippen molar-refractivity contribution in [2.45, 2.75) is 38.5 Å². The lowest BCUT2D eigenvalue weighted by Crippen LogP contribution is -2.42. The zero-order valence-electron chi connectivity index (χ0n) is 15.3. The van der Waals surface area contributed by atoms with Gasteiger partial charge in [0.2, 0.25) is 0 Å². The summed E-state index contributed by atoms with van der Waals surface area (Å²) in [7, 11) is 0. The molecular weight excluding hydrogens is 385 g/mol. The van der Waals surface area contributed by atoms with Gasteiger partial charge in [-0.25, -0.2) is 14.5 Å². The molecule has 1 N–H and O–H groups in total. The van der Waals surface area contributed by atoms with E-state index in [1.165, 1.54) is 24.3 Å². The molecule has 2 unspecified atom stereocenters. The molecule has 0 saturated heterocycles. The second kappa shape index (κ2) is 7.71. The molecule has 6 nitrogen and oxygen atoms in total. The number of nitrogens with zero attached hydrogens (tertiary/aromatic N) is 1. The molecule has 1 aliphatic carbocycles. The van der Waals surface area contributed by atoms with Gasteiger partial charge in [-0.15, -0.1) is 11.3 Å². The molecular formula is C20H20FNO5S. The normalized spacial score (nSPS) is 20.5. The van der Waals surface area contributed by atoms with Crippen molar-refractivity contribution in [2.24, 2.45) is 5.92 Å². The van der Waals surface area contributed by atoms with Gasteiger partial charge in [-0.2, -0.15) is 0 Å². The van der Waals surface area contributed by atoms with Gasteiger partial charge in [-0.3, -0.25) is 14.5 Å². The second-order valence-corrected chi connectivity index (χ2v) is 8.18. The SMILES string of the molecule is CC(=O)Oc1cc2c(s1)CCN(C(C(=O)C1CC1)c1ccccc1F)C2OO. The minimum atomic E-state index is -0.948. The van der Waals surface area contributed by atoms with E-state index in [4.69, 9.17) is 9.62 Å². The minimum Gasteiger partial charge on any atom is -0.416 e. The standard InChI is InChI=1S/C20H20FNO5S/c1-11(23)26-17-10-14-16(28-17)8-9-22(20(14)27-25)18(19(24)12-6-7-12)13-4-2-3-5-15(13)21/h2-5,10,12,18,20,25H,6-9H2,1H3. The number of ketones is 1. The average Bonchev–Trinajstić information content (AvgIpc) is 3.43. The predicted molar refractivity (Wildman–Crippen MR) is 99.4 cm³/mol. The van der Waals surface area contributed by atoms with Crippen LogP contribution in [0.3, 0.4) is 0 Å². The van der Waals surface area contributed by atoms with Crippen LogP contribution in [0, 0.1) is 11.7 Å². The lowest BCUT2D eigenvalue weighted by atomic mass is 9.94. The highest BCUT2D eigenvalue weighted by atomic mass is 32.1. The van der Waals surface area contributed by atoms with Crippen molar-refractivity contribution in [3.63, 3.8) is 0 Å². The van der Waals surface area contributed by atoms with Crippen LogP contribution in [0.1, 0.15) is 48.0 Å². The van der Waals surface area contributed by atoms with E-state index < -0.39 is 24.1 Å². The summed E-state index contributed by atoms with van der Waals surface area (Å²) in [5.41, 5.74) is 0.903. The fourth-order valence-electron chi connectivity index (χ4n) is 3.71. The Morgan fingerprint density at radius 1 is 1.32 bits per heavy atom. The average molecular weight is 405 g/mol. The summed E-state index contributed by atoms with van der Waals surface area (Å²) in [6.45, 7) is 1.71. The number of halogens is 1. The van der Waals surface area contributed by atoms with Crippen LogP contribution in [0.4, 0.5) is 4.39 Å². The fourth-order valence-corrected chi connectivity index (χ4v) is 4.76. The third-order valence-electron chi connectivity index (χ3n) is 5.11. The van der Waals surface area contributed by atoms with Crippen LogP contribution in [0.2, 0.25) is 0 Å². The number of benzene rings is 1. The van der Waals surface area contributed by atoms with Crippen LogP contribution < -0.4 is 4.74 Å². The number of hydrogen-bond acceptors (Lipinski definition) is 7. The molecule has 1 aromatic carbocycles. The third kappa shape index (κ3) is 3.60. The minimum absolute atomic E-state index is 0.0639. The molecule has 1 aliphatic heterocycles. The van der Waals surface area contributed by atoms with Crippen molar-refractivity contribution >= 4 is 23.1 Å². The van der Waals surface area contributed by atoms with Gasteiger partial charge in [0.05, 0.1) is 6.04 Å². The Hall–Kier alpha value is -2.13. The second-order valence-electron chi connectivity index (χ2n) is 7.08. The van der Waals surface area contributed by atoms with Crippen LogP contribution in [0.15, 0.2) is 30.3 Å². The number of carbonyl (C=O) groups is 2. The molecule has 0 radical (unpaired) electrons. The summed E-state index contributed by atoms with van der Waals surface area (Å²) < 4.78 is 19.7. The lowest BCUT2D eigenvalue weighted by Gasteiger charge is -2.38. The Labute approximate surface area is 165 Å². The molecule has 0 spiro atoms. The highest BCUT2D eigenvalue weighted by molar-refractivity contribution is 7.14. The molecule has 2 aromatic rings. The lowest BCUT2D eigenvalue weighted by molar-refractivity contribution is -0.323. The fraction of sp³-hybridized carbons (Fsp3) is 0.400. The number of esters is 1. The number of carbonyl (C=O) groups excluding carboxylic acids is 2. The highest BCUT2D eigenvalue weighted by Crippen LogP contribution is 2.45. The van der Waals surface area contributed by atoms with Gasteiger partial charge in [-0.05, 0) is 31.4 Å². The number of fused-ring (bicyclic) bond motifs is 1. The van der Waals surface area contributed by atoms with Crippen LogP contribution in [0.5, 0.6) is 5.06 Å². The number of thiophene rings is 1. The molecule has 8 heteroatoms. The smallest absolute Gasteiger partial charge is 0.308 e. The first kappa shape index (κ1) is 19.2. The van der Waals surface area contributed by atoms with Crippen molar-refractivity contribution in [3.8, 4) is 5.06 Å². The molecule has 1 fully saturated rings. The number of hydrogen-bond donors (Lipinski definition) is 1. The van der Waals surface area contributed by atoms with E-state index in [1.807, 2.05) is 0 Å². The molecule has 1 saturated carbocycles. The maximum Gasteiger partial charge on any atom is 0.308 e. The third-order valence-corrected chi connectivity index (χ3v) is 6.20. The van der Waals surface area contributed by atoms with E-state index >= 15 is 0 Å². The van der Waals surface area contributed by atoms with E-state index in [-0.39, 0.29) is 17.3 Å². The number of Topliss-reactive ketones (excluding diaryl/α,β-unsaturated/α-hetero) is 1. The van der Waals surface area contributed by atoms with Crippen LogP contribution in [-0.4, -0.2) is 28.5 Å². The molecule has 2 aliphatic rings. The Balaban J connectivity index is 1.72. The first-order valence-electron chi connectivity index (χ1n) is 9.14. The molecule has 2 atom stereocenters. The van der Waals surface area contributed by atoms with E-state index in [0.29, 0.717) is 23.6 Å². The quantitative estimate of drug-likeness (QED) is 0.447. The zero-order chi connectivity index (χ0) is 19.8. The molecule has 0 bridgehead atoms. The van der Waals surface area contributed by atoms with Crippen molar-refractivity contribution in [3.05, 3.63) is 52.2 Å². The van der Waals surface area contributed by atoms with Gasteiger partial charge in [-0.1, -0.05) is 18.2 Å². The number of rotatable bonds is 6. The molecule has 2 heterocycles. The number of ether oxygens (including phenoxy) is 1. The predicted octanol–water partition coefficient (Wildman–Crippen LogP) is 3.88. The van der Waals surface area contributed by atoms with Gasteiger partial charge in [0.25, 0.3) is 0 Å². The topological polar surface area (TPSA) is 76.1 Å². The zero-order valence-corrected chi connectivity index (χ0v) is 16.1. The molecule has 28 heavy (non-hydrogen) atoms. The van der Waals surface area contributed by atoms with Crippen molar-refractivity contribution < 1.29 is 28.9 Å². The van der Waals surface area contributed by atoms with Crippen LogP contribution in [0.25, 0.3) is 0 Å². The Morgan fingerprint density at radius 2 is 2.07 bits per heavy atom. The molecule has 1 aromatic heterocycles. The Kier molecular flexibility index (Phi) is 5.29. The maximum atomic E-state index is 14.6. The summed E-state index contributed by atoms with van der Waals surface area (Å²) in [4.78, 5) is 31.7. The first-order valence-corrected chi connectivity index (χ1v) is 9.96. The summed E-state index contributed by atoms with van der Waals surface area (Å²) in [6, 6.07) is 6.98. The highest BCUT2D eigenvalue weighted by Gasteiger charge is 2.44. The van der Waals surface area contributed by atoms with Gasteiger partial charge in [0, 0.05) is 35.4 Å². The molecule has 0 amide bonds. The molecule has 148 valence electrons. The largest absolute Gasteiger partial charge is 0.416 e. The van der Waals surface area contributed by atoms with Gasteiger partial charge >= 0.3 is 5.97 Å². The van der Waals surface area contributed by atoms with E-state index in [9.17, 15) is 19.2 Å². The van der Waals surface area contributed by atoms with Crippen LogP contribution >= 0.6 is 11.3 Å². The van der Waals surface area contributed by atoms with E-state index in [1.54, 1.807) is 29.2 Å². The van der Waals surface area contributed by atoms with Crippen molar-refractivity contribution in [2.75, 3.05) is 6.54 Å². The Morgan fingerprint density at radius 3 is 2.71 bits per heavy atom. The first-order chi connectivity index (χ1) is 13.5. The Bertz CT molecular complexity index is 910. The molecule has 4 rings (SSSR count). The summed E-state index contributed by atoms with van der Waals surface area (Å²) in [5.74, 6) is -1.06.